The summed E-state index contributed by atoms with van der Waals surface area (Å²) in [5.74, 6) is 0. The third kappa shape index (κ3) is 13.4. The van der Waals surface area contributed by atoms with E-state index >= 15 is 0 Å². The van der Waals surface area contributed by atoms with Gasteiger partial charge < -0.3 is 6.33 Å². The van der Waals surface area contributed by atoms with E-state index in [2.05, 4.69) is 25.3 Å². The van der Waals surface area contributed by atoms with Crippen LogP contribution >= 0.6 is 25.3 Å². The van der Waals surface area contributed by atoms with E-state index in [9.17, 15) is 4.79 Å². The van der Waals surface area contributed by atoms with Crippen molar-refractivity contribution in [1.82, 2.24) is 4.90 Å². The van der Waals surface area contributed by atoms with E-state index in [4.69, 9.17) is 4.79 Å². The predicted molar refractivity (Wildman–Crippen MR) is 54.2 cm³/mol. The van der Waals surface area contributed by atoms with Crippen LogP contribution < -0.4 is 29.6 Å². The Kier molecular flexibility index (Phi) is 22.3. The summed E-state index contributed by atoms with van der Waals surface area (Å²) in [6.07, 6.45) is 0. The Hall–Kier alpha value is 0.840. The van der Waals surface area contributed by atoms with Crippen LogP contribution in [0.3, 0.4) is 0 Å². The summed E-state index contributed by atoms with van der Waals surface area (Å²) in [5, 5.41) is -0.144. The number of thiol groups is 2. The van der Waals surface area contributed by atoms with Gasteiger partial charge in [-0.15, -0.1) is 12.6 Å². The number of nitrogens with zero attached hydrogens (tertiary/aromatic N) is 1. The Bertz CT molecular complexity index is 125. The molecule has 0 aliphatic carbocycles. The molecule has 0 aromatic rings. The Morgan fingerprint density at radius 3 is 1.75 bits per heavy atom. The Labute approximate surface area is 108 Å². The molecule has 1 amide bonds. The number of rotatable bonds is 2. The van der Waals surface area contributed by atoms with Crippen LogP contribution in [0.2, 0.25) is 0 Å². The first-order valence-corrected chi connectivity index (χ1v) is 4.16. The molecule has 0 aliphatic heterocycles. The van der Waals surface area contributed by atoms with Crippen molar-refractivity contribution in [3.63, 3.8) is 0 Å². The van der Waals surface area contributed by atoms with Gasteiger partial charge in [-0.3, -0.25) is 9.59 Å². The monoisotopic (exact) mass is 219 g/mol. The fourth-order valence-corrected chi connectivity index (χ4v) is 0.777. The van der Waals surface area contributed by atoms with Crippen molar-refractivity contribution in [2.45, 2.75) is 13.8 Å². The van der Waals surface area contributed by atoms with Crippen LogP contribution in [0.1, 0.15) is 15.3 Å². The molecule has 0 aromatic heterocycles. The molecule has 0 heterocycles. The molecule has 0 unspecified atom stereocenters. The minimum Gasteiger partial charge on any atom is -1.00 e. The van der Waals surface area contributed by atoms with Crippen LogP contribution in [0, 0.1) is 0 Å². The van der Waals surface area contributed by atoms with Gasteiger partial charge in [-0.05, 0) is 13.8 Å². The molecule has 0 fully saturated rings. The van der Waals surface area contributed by atoms with Crippen molar-refractivity contribution in [3.8, 4) is 0 Å². The van der Waals surface area contributed by atoms with E-state index in [1.165, 1.54) is 0 Å². The van der Waals surface area contributed by atoms with Crippen molar-refractivity contribution in [3.05, 3.63) is 0 Å². The minimum atomic E-state index is -0.144. The smallest absolute Gasteiger partial charge is 1.00 e. The van der Waals surface area contributed by atoms with Crippen molar-refractivity contribution in [2.24, 2.45) is 0 Å². The van der Waals surface area contributed by atoms with E-state index in [0.29, 0.717) is 5.62 Å². The maximum absolute atomic E-state index is 10.4. The quantitative estimate of drug-likeness (QED) is 0.340. The van der Waals surface area contributed by atoms with Gasteiger partial charge in [0.05, 0.1) is 0 Å². The summed E-state index contributed by atoms with van der Waals surface area (Å²) in [5.41, 5.74) is 0.444. The first-order valence-electron chi connectivity index (χ1n) is 3.19. The predicted octanol–water partition coefficient (Wildman–Crippen LogP) is -1.40. The topological polar surface area (TPSA) is 37.4 Å². The second kappa shape index (κ2) is 14.4. The van der Waals surface area contributed by atoms with Crippen LogP contribution in [0.25, 0.3) is 0 Å². The van der Waals surface area contributed by atoms with Crippen LogP contribution in [0.15, 0.2) is 0 Å². The van der Waals surface area contributed by atoms with Gasteiger partial charge in [-0.2, -0.15) is 0 Å². The van der Waals surface area contributed by atoms with Gasteiger partial charge in [-0.1, -0.05) is 12.6 Å². The summed E-state index contributed by atoms with van der Waals surface area (Å²) in [6.45, 7) is 5.35. The summed E-state index contributed by atoms with van der Waals surface area (Å²) in [4.78, 5) is 20.7. The number of carbonyl (C=O) groups excluding carboxylic acids is 2. The summed E-state index contributed by atoms with van der Waals surface area (Å²) in [7, 11) is 0. The van der Waals surface area contributed by atoms with Gasteiger partial charge in [0.2, 0.25) is 0 Å². The summed E-state index contributed by atoms with van der Waals surface area (Å²) in [6, 6.07) is 0. The van der Waals surface area contributed by atoms with Gasteiger partial charge in [-0.25, -0.2) is 0 Å². The standard InChI is InChI=1S/C5H11NOS.CH2OS.Na.H/c1-3-6(4-2)5(7)8;2-1-3;;/h3-4H2,1-2H3,(H,7,8);1H,(H,2,3);;/q;;+1;-1. The molecule has 12 heavy (non-hydrogen) atoms. The van der Waals surface area contributed by atoms with Crippen LogP contribution in [0.5, 0.6) is 0 Å². The molecule has 0 atom stereocenters. The number of hydrogen-bond acceptors (Lipinski definition) is 2. The maximum Gasteiger partial charge on any atom is 1.00 e. The number of amides is 1. The average Bonchev–Trinajstić information content (AvgIpc) is 1.91. The molecule has 0 bridgehead atoms. The molecule has 0 aromatic carbocycles. The first-order chi connectivity index (χ1) is 5.13. The third-order valence-corrected chi connectivity index (χ3v) is 1.32. The molecule has 6 heteroatoms. The number of hydrogen-bond donors (Lipinski definition) is 2. The van der Waals surface area contributed by atoms with Crippen LogP contribution in [0.4, 0.5) is 4.79 Å². The maximum atomic E-state index is 10.4. The minimum absolute atomic E-state index is 0. The second-order valence-electron chi connectivity index (χ2n) is 1.56. The molecule has 0 spiro atoms. The fourth-order valence-electron chi connectivity index (χ4n) is 0.494. The van der Waals surface area contributed by atoms with Crippen molar-refractivity contribution >= 4 is 36.1 Å². The summed E-state index contributed by atoms with van der Waals surface area (Å²) >= 11 is 6.75. The molecular formula is C6H14NNaO2S2. The molecule has 0 N–H and O–H groups in total. The normalized spacial score (nSPS) is 7.00. The second-order valence-corrected chi connectivity index (χ2v) is 2.15. The van der Waals surface area contributed by atoms with Gasteiger partial charge >= 0.3 is 29.6 Å². The van der Waals surface area contributed by atoms with Crippen molar-refractivity contribution in [2.75, 3.05) is 13.1 Å². The van der Waals surface area contributed by atoms with Gasteiger partial charge in [0.15, 0.2) is 5.62 Å². The Balaban J connectivity index is -0.0000000720. The van der Waals surface area contributed by atoms with Gasteiger partial charge in [0.25, 0.3) is 5.24 Å². The molecule has 0 radical (unpaired) electrons. The van der Waals surface area contributed by atoms with E-state index in [-0.39, 0.29) is 36.2 Å². The molecule has 0 rings (SSSR count). The summed E-state index contributed by atoms with van der Waals surface area (Å²) < 4.78 is 0. The van der Waals surface area contributed by atoms with Crippen molar-refractivity contribution < 1.29 is 40.6 Å². The zero-order valence-electron chi connectivity index (χ0n) is 8.65. The van der Waals surface area contributed by atoms with Crippen LogP contribution in [-0.2, 0) is 4.79 Å². The molecule has 0 saturated carbocycles. The Morgan fingerprint density at radius 1 is 1.50 bits per heavy atom. The largest absolute Gasteiger partial charge is 1.00 e. The fraction of sp³-hybridized carbons (Fsp3) is 0.667. The van der Waals surface area contributed by atoms with Gasteiger partial charge in [0, 0.05) is 13.1 Å². The molecule has 3 nitrogen and oxygen atoms in total. The van der Waals surface area contributed by atoms with Gasteiger partial charge in [0.1, 0.15) is 0 Å². The molecule has 68 valence electrons. The SMILES string of the molecule is CCN(CC)C(=O)S.O=CS.[H-].[Na+]. The molecule has 0 aliphatic rings. The zero-order chi connectivity index (χ0) is 9.28. The Morgan fingerprint density at radius 2 is 1.75 bits per heavy atom. The van der Waals surface area contributed by atoms with E-state index in [1.54, 1.807) is 4.90 Å². The zero-order valence-corrected chi connectivity index (χ0v) is 11.4. The van der Waals surface area contributed by atoms with Crippen molar-refractivity contribution in [1.29, 1.82) is 0 Å². The average molecular weight is 219 g/mol. The molecular weight excluding hydrogens is 205 g/mol. The molecule has 0 saturated heterocycles. The van der Waals surface area contributed by atoms with E-state index < -0.39 is 0 Å². The number of carbonyl (C=O) groups is 2. The van der Waals surface area contributed by atoms with E-state index in [1.807, 2.05) is 13.8 Å². The first kappa shape index (κ1) is 18.6. The van der Waals surface area contributed by atoms with Crippen LogP contribution in [-0.4, -0.2) is 28.8 Å². The van der Waals surface area contributed by atoms with E-state index in [0.717, 1.165) is 13.1 Å². The third-order valence-electron chi connectivity index (χ3n) is 1.03.